The zero-order valence-electron chi connectivity index (χ0n) is 11.8. The fourth-order valence-corrected chi connectivity index (χ4v) is 1.85. The van der Waals surface area contributed by atoms with Crippen LogP contribution in [0.5, 0.6) is 11.5 Å². The molecule has 0 saturated heterocycles. The summed E-state index contributed by atoms with van der Waals surface area (Å²) in [5.41, 5.74) is 0.918. The maximum Gasteiger partial charge on any atom is 0.119 e. The molecule has 0 aliphatic heterocycles. The smallest absolute Gasteiger partial charge is 0.119 e. The molecular weight excluding hydrogens is 290 g/mol. The molecule has 0 fully saturated rings. The van der Waals surface area contributed by atoms with Crippen LogP contribution in [0.15, 0.2) is 48.5 Å². The van der Waals surface area contributed by atoms with Gasteiger partial charge in [-0.15, -0.1) is 0 Å². The van der Waals surface area contributed by atoms with Gasteiger partial charge in [-0.25, -0.2) is 0 Å². The molecule has 0 heterocycles. The van der Waals surface area contributed by atoms with Gasteiger partial charge in [-0.2, -0.15) is 0 Å². The fraction of sp³-hybridized carbons (Fsp3) is 0.250. The van der Waals surface area contributed by atoms with E-state index in [0.29, 0.717) is 17.3 Å². The van der Waals surface area contributed by atoms with Crippen molar-refractivity contribution in [2.75, 3.05) is 25.6 Å². The van der Waals surface area contributed by atoms with Crippen molar-refractivity contribution in [1.29, 1.82) is 0 Å². The molecule has 2 aromatic rings. The van der Waals surface area contributed by atoms with E-state index in [-0.39, 0.29) is 6.61 Å². The molecule has 0 spiro atoms. The summed E-state index contributed by atoms with van der Waals surface area (Å²) >= 11 is 5.79. The zero-order chi connectivity index (χ0) is 15.1. The highest BCUT2D eigenvalue weighted by Gasteiger charge is 2.05. The first-order valence-corrected chi connectivity index (χ1v) is 6.99. The van der Waals surface area contributed by atoms with Gasteiger partial charge in [0.05, 0.1) is 7.11 Å². The maximum absolute atomic E-state index is 9.89. The largest absolute Gasteiger partial charge is 0.497 e. The van der Waals surface area contributed by atoms with Crippen LogP contribution in [0.2, 0.25) is 5.02 Å². The van der Waals surface area contributed by atoms with Crippen LogP contribution in [-0.2, 0) is 0 Å². The van der Waals surface area contributed by atoms with Crippen LogP contribution in [0.25, 0.3) is 0 Å². The van der Waals surface area contributed by atoms with Gasteiger partial charge in [-0.05, 0) is 48.5 Å². The van der Waals surface area contributed by atoms with Crippen molar-refractivity contribution in [3.8, 4) is 11.5 Å². The van der Waals surface area contributed by atoms with Crippen LogP contribution >= 0.6 is 11.6 Å². The van der Waals surface area contributed by atoms with E-state index in [0.717, 1.165) is 11.4 Å². The molecule has 2 rings (SSSR count). The van der Waals surface area contributed by atoms with Gasteiger partial charge < -0.3 is 19.9 Å². The van der Waals surface area contributed by atoms with Gasteiger partial charge in [-0.1, -0.05) is 11.6 Å². The van der Waals surface area contributed by atoms with Crippen LogP contribution < -0.4 is 14.8 Å². The van der Waals surface area contributed by atoms with Crippen molar-refractivity contribution in [2.45, 2.75) is 6.10 Å². The summed E-state index contributed by atoms with van der Waals surface area (Å²) in [4.78, 5) is 0. The van der Waals surface area contributed by atoms with Gasteiger partial charge in [0, 0.05) is 17.3 Å². The van der Waals surface area contributed by atoms with Gasteiger partial charge >= 0.3 is 0 Å². The highest BCUT2D eigenvalue weighted by Crippen LogP contribution is 2.16. The quantitative estimate of drug-likeness (QED) is 0.825. The number of nitrogens with one attached hydrogen (secondary N) is 1. The first kappa shape index (κ1) is 15.5. The molecule has 0 radical (unpaired) electrons. The minimum absolute atomic E-state index is 0.213. The Morgan fingerprint density at radius 2 is 1.67 bits per heavy atom. The zero-order valence-corrected chi connectivity index (χ0v) is 12.5. The molecule has 0 aromatic heterocycles. The van der Waals surface area contributed by atoms with Crippen LogP contribution in [-0.4, -0.2) is 31.5 Å². The molecule has 0 bridgehead atoms. The van der Waals surface area contributed by atoms with Crippen molar-refractivity contribution in [1.82, 2.24) is 0 Å². The SMILES string of the molecule is COc1ccc(NC[C@H](O)COc2ccc(Cl)cc2)cc1. The Labute approximate surface area is 129 Å². The van der Waals surface area contributed by atoms with Gasteiger partial charge in [0.1, 0.15) is 24.2 Å². The van der Waals surface area contributed by atoms with E-state index in [4.69, 9.17) is 21.1 Å². The van der Waals surface area contributed by atoms with Gasteiger partial charge in [0.2, 0.25) is 0 Å². The number of halogens is 1. The highest BCUT2D eigenvalue weighted by atomic mass is 35.5. The lowest BCUT2D eigenvalue weighted by atomic mass is 10.3. The third kappa shape index (κ3) is 5.17. The molecule has 5 heteroatoms. The lowest BCUT2D eigenvalue weighted by Gasteiger charge is -2.14. The van der Waals surface area contributed by atoms with Crippen molar-refractivity contribution in [2.24, 2.45) is 0 Å². The van der Waals surface area contributed by atoms with E-state index >= 15 is 0 Å². The van der Waals surface area contributed by atoms with Gasteiger partial charge in [-0.3, -0.25) is 0 Å². The standard InChI is InChI=1S/C16H18ClNO3/c1-20-15-8-4-13(5-9-15)18-10-14(19)11-21-16-6-2-12(17)3-7-16/h2-9,14,18-19H,10-11H2,1H3/t14-/m0/s1. The van der Waals surface area contributed by atoms with E-state index in [9.17, 15) is 5.11 Å². The molecule has 2 aromatic carbocycles. The Balaban J connectivity index is 1.73. The second-order valence-corrected chi connectivity index (χ2v) is 4.96. The average Bonchev–Trinajstić information content (AvgIpc) is 2.53. The van der Waals surface area contributed by atoms with Gasteiger partial charge in [0.15, 0.2) is 0 Å². The third-order valence-corrected chi connectivity index (χ3v) is 3.14. The first-order valence-electron chi connectivity index (χ1n) is 6.62. The van der Waals surface area contributed by atoms with E-state index in [1.165, 1.54) is 0 Å². The molecular formula is C16H18ClNO3. The summed E-state index contributed by atoms with van der Waals surface area (Å²) in [6, 6.07) is 14.5. The Kier molecular flexibility index (Phi) is 5.72. The number of ether oxygens (including phenoxy) is 2. The van der Waals surface area contributed by atoms with Gasteiger partial charge in [0.25, 0.3) is 0 Å². The molecule has 1 atom stereocenters. The Hall–Kier alpha value is -1.91. The third-order valence-electron chi connectivity index (χ3n) is 2.89. The van der Waals surface area contributed by atoms with E-state index in [1.54, 1.807) is 31.4 Å². The second-order valence-electron chi connectivity index (χ2n) is 4.53. The predicted molar refractivity (Wildman–Crippen MR) is 84.4 cm³/mol. The van der Waals surface area contributed by atoms with Crippen molar-refractivity contribution in [3.63, 3.8) is 0 Å². The number of benzene rings is 2. The summed E-state index contributed by atoms with van der Waals surface area (Å²) in [5.74, 6) is 1.48. The molecule has 2 N–H and O–H groups in total. The van der Waals surface area contributed by atoms with E-state index < -0.39 is 6.10 Å². The number of hydrogen-bond donors (Lipinski definition) is 2. The lowest BCUT2D eigenvalue weighted by Crippen LogP contribution is -2.26. The predicted octanol–water partition coefficient (Wildman–Crippen LogP) is 3.20. The lowest BCUT2D eigenvalue weighted by molar-refractivity contribution is 0.117. The minimum atomic E-state index is -0.609. The number of rotatable bonds is 7. The number of aliphatic hydroxyl groups is 1. The monoisotopic (exact) mass is 307 g/mol. The van der Waals surface area contributed by atoms with Crippen molar-refractivity contribution in [3.05, 3.63) is 53.6 Å². The first-order chi connectivity index (χ1) is 10.2. The van der Waals surface area contributed by atoms with Crippen LogP contribution in [0.4, 0.5) is 5.69 Å². The Bertz CT molecular complexity index is 542. The second kappa shape index (κ2) is 7.76. The Morgan fingerprint density at radius 3 is 2.29 bits per heavy atom. The van der Waals surface area contributed by atoms with Crippen LogP contribution in [0, 0.1) is 0 Å². The van der Waals surface area contributed by atoms with Crippen molar-refractivity contribution < 1.29 is 14.6 Å². The van der Waals surface area contributed by atoms with Crippen LogP contribution in [0.3, 0.4) is 0 Å². The molecule has 112 valence electrons. The molecule has 0 unspecified atom stereocenters. The number of hydrogen-bond acceptors (Lipinski definition) is 4. The van der Waals surface area contributed by atoms with E-state index in [2.05, 4.69) is 5.32 Å². The topological polar surface area (TPSA) is 50.7 Å². The van der Waals surface area contributed by atoms with E-state index in [1.807, 2.05) is 24.3 Å². The minimum Gasteiger partial charge on any atom is -0.497 e. The molecule has 0 saturated carbocycles. The molecule has 4 nitrogen and oxygen atoms in total. The fourth-order valence-electron chi connectivity index (χ4n) is 1.73. The number of methoxy groups -OCH3 is 1. The molecule has 0 aliphatic rings. The maximum atomic E-state index is 9.89. The normalized spacial score (nSPS) is 11.8. The van der Waals surface area contributed by atoms with Crippen LogP contribution in [0.1, 0.15) is 0 Å². The summed E-state index contributed by atoms with van der Waals surface area (Å²) in [7, 11) is 1.63. The average molecular weight is 308 g/mol. The summed E-state index contributed by atoms with van der Waals surface area (Å²) in [5, 5.41) is 13.7. The number of anilines is 1. The summed E-state index contributed by atoms with van der Waals surface area (Å²) in [6.45, 7) is 0.616. The highest BCUT2D eigenvalue weighted by molar-refractivity contribution is 6.30. The molecule has 21 heavy (non-hydrogen) atoms. The summed E-state index contributed by atoms with van der Waals surface area (Å²) < 4.78 is 10.6. The Morgan fingerprint density at radius 1 is 1.05 bits per heavy atom. The molecule has 0 aliphatic carbocycles. The molecule has 0 amide bonds. The summed E-state index contributed by atoms with van der Waals surface area (Å²) in [6.07, 6.45) is -0.609. The number of aliphatic hydroxyl groups excluding tert-OH is 1. The van der Waals surface area contributed by atoms with Crippen molar-refractivity contribution >= 4 is 17.3 Å².